The Morgan fingerprint density at radius 1 is 1.13 bits per heavy atom. The Labute approximate surface area is 221 Å². The molecule has 0 radical (unpaired) electrons. The predicted octanol–water partition coefficient (Wildman–Crippen LogP) is 0.319. The Morgan fingerprint density at radius 2 is 1.84 bits per heavy atom. The van der Waals surface area contributed by atoms with Crippen molar-refractivity contribution in [3.63, 3.8) is 0 Å². The fourth-order valence-corrected chi connectivity index (χ4v) is 4.54. The third-order valence-corrected chi connectivity index (χ3v) is 6.48. The van der Waals surface area contributed by atoms with Crippen LogP contribution in [0.4, 0.5) is 0 Å². The number of H-pyrrole nitrogens is 1. The maximum atomic E-state index is 13.6. The van der Waals surface area contributed by atoms with Crippen LogP contribution in [0.5, 0.6) is 5.75 Å². The molecule has 12 nitrogen and oxygen atoms in total. The van der Waals surface area contributed by atoms with Gasteiger partial charge in [0.15, 0.2) is 0 Å². The molecule has 0 saturated carbocycles. The number of phenolic OH excluding ortho intramolecular Hbond substituents is 1. The molecule has 3 rings (SSSR count). The van der Waals surface area contributed by atoms with E-state index in [2.05, 4.69) is 20.6 Å². The lowest BCUT2D eigenvalue weighted by Crippen LogP contribution is -2.57. The number of carbonyl (C=O) groups is 4. The summed E-state index contributed by atoms with van der Waals surface area (Å²) in [6.07, 6.45) is 4.45. The number of hydrogen-bond donors (Lipinski definition) is 6. The van der Waals surface area contributed by atoms with Crippen molar-refractivity contribution >= 4 is 23.7 Å². The van der Waals surface area contributed by atoms with Gasteiger partial charge in [-0.3, -0.25) is 14.4 Å². The third kappa shape index (κ3) is 7.78. The highest BCUT2D eigenvalue weighted by atomic mass is 16.4. The first-order valence-electron chi connectivity index (χ1n) is 12.7. The van der Waals surface area contributed by atoms with Gasteiger partial charge in [-0.1, -0.05) is 26.0 Å². The topological polar surface area (TPSA) is 191 Å². The van der Waals surface area contributed by atoms with Crippen molar-refractivity contribution in [1.82, 2.24) is 25.5 Å². The fourth-order valence-electron chi connectivity index (χ4n) is 4.54. The van der Waals surface area contributed by atoms with E-state index in [1.165, 1.54) is 29.6 Å². The summed E-state index contributed by atoms with van der Waals surface area (Å²) in [5, 5.41) is 24.4. The van der Waals surface area contributed by atoms with E-state index in [-0.39, 0.29) is 24.5 Å². The van der Waals surface area contributed by atoms with Crippen LogP contribution in [0, 0.1) is 5.92 Å². The number of nitrogens with zero attached hydrogens (tertiary/aromatic N) is 2. The van der Waals surface area contributed by atoms with E-state index in [4.69, 9.17) is 5.73 Å². The number of aromatic amines is 1. The maximum absolute atomic E-state index is 13.6. The first-order valence-corrected chi connectivity index (χ1v) is 12.7. The summed E-state index contributed by atoms with van der Waals surface area (Å²) in [4.78, 5) is 59.4. The number of carboxylic acids is 1. The molecule has 3 amide bonds. The average Bonchev–Trinajstić information content (AvgIpc) is 3.56. The van der Waals surface area contributed by atoms with Crippen LogP contribution >= 0.6 is 0 Å². The van der Waals surface area contributed by atoms with Gasteiger partial charge < -0.3 is 36.5 Å². The number of nitrogens with two attached hydrogens (primary N) is 1. The van der Waals surface area contributed by atoms with E-state index in [0.717, 1.165) is 5.56 Å². The first-order chi connectivity index (χ1) is 18.0. The Hall–Kier alpha value is -3.93. The van der Waals surface area contributed by atoms with Crippen molar-refractivity contribution in [2.75, 3.05) is 6.54 Å². The normalized spacial score (nSPS) is 17.6. The van der Waals surface area contributed by atoms with Crippen LogP contribution in [0.2, 0.25) is 0 Å². The van der Waals surface area contributed by atoms with Gasteiger partial charge in [-0.15, -0.1) is 0 Å². The number of carbonyl (C=O) groups excluding carboxylic acids is 3. The number of carboxylic acid groups (broad SMARTS) is 1. The Morgan fingerprint density at radius 3 is 2.45 bits per heavy atom. The molecule has 12 heteroatoms. The van der Waals surface area contributed by atoms with Gasteiger partial charge in [0.05, 0.1) is 12.4 Å². The van der Waals surface area contributed by atoms with Crippen molar-refractivity contribution in [3.8, 4) is 5.75 Å². The lowest BCUT2D eigenvalue weighted by atomic mass is 10.0. The maximum Gasteiger partial charge on any atom is 0.326 e. The second-order valence-corrected chi connectivity index (χ2v) is 10.0. The van der Waals surface area contributed by atoms with Crippen LogP contribution in [0.25, 0.3) is 0 Å². The minimum atomic E-state index is -1.20. The van der Waals surface area contributed by atoms with Gasteiger partial charge in [-0.05, 0) is 49.3 Å². The largest absolute Gasteiger partial charge is 0.508 e. The second-order valence-electron chi connectivity index (χ2n) is 10.0. The van der Waals surface area contributed by atoms with Gasteiger partial charge in [-0.2, -0.15) is 0 Å². The highest BCUT2D eigenvalue weighted by Crippen LogP contribution is 2.21. The Balaban J connectivity index is 1.67. The minimum Gasteiger partial charge on any atom is -0.508 e. The molecule has 7 N–H and O–H groups in total. The van der Waals surface area contributed by atoms with Gasteiger partial charge >= 0.3 is 5.97 Å². The molecule has 0 aliphatic carbocycles. The van der Waals surface area contributed by atoms with Crippen LogP contribution in [0.1, 0.15) is 44.4 Å². The molecule has 2 aromatic rings. The molecule has 2 heterocycles. The summed E-state index contributed by atoms with van der Waals surface area (Å²) in [5.74, 6) is -2.48. The first kappa shape index (κ1) is 28.6. The number of imidazole rings is 1. The number of nitrogens with one attached hydrogen (secondary N) is 3. The zero-order valence-electron chi connectivity index (χ0n) is 21.6. The molecule has 0 bridgehead atoms. The van der Waals surface area contributed by atoms with Crippen molar-refractivity contribution < 1.29 is 29.4 Å². The van der Waals surface area contributed by atoms with Crippen LogP contribution < -0.4 is 16.4 Å². The minimum absolute atomic E-state index is 0.0205. The summed E-state index contributed by atoms with van der Waals surface area (Å²) < 4.78 is 0. The van der Waals surface area contributed by atoms with Gasteiger partial charge in [-0.25, -0.2) is 9.78 Å². The number of benzene rings is 1. The van der Waals surface area contributed by atoms with Crippen LogP contribution in [0.15, 0.2) is 36.8 Å². The molecule has 0 spiro atoms. The van der Waals surface area contributed by atoms with E-state index >= 15 is 0 Å². The smallest absolute Gasteiger partial charge is 0.326 e. The molecule has 1 aromatic heterocycles. The number of aromatic hydroxyl groups is 1. The standard InChI is InChI=1S/C26H36N6O6/c1-15(2)10-20(30-23(34)19(27)11-16-5-7-18(33)8-6-16)25(36)32-9-3-4-22(32)24(35)31-21(26(37)38)12-17-13-28-14-29-17/h5-8,13-15,19-22,33H,3-4,9-12,27H2,1-2H3,(H,28,29)(H,30,34)(H,31,35)(H,37,38). The molecule has 1 aromatic carbocycles. The van der Waals surface area contributed by atoms with Crippen LogP contribution in [0.3, 0.4) is 0 Å². The molecule has 1 fully saturated rings. The number of aliphatic carboxylic acids is 1. The Kier molecular flexibility index (Phi) is 9.83. The lowest BCUT2D eigenvalue weighted by molar-refractivity contribution is -0.145. The van der Waals surface area contributed by atoms with E-state index < -0.39 is 47.9 Å². The molecular weight excluding hydrogens is 492 g/mol. The summed E-state index contributed by atoms with van der Waals surface area (Å²) in [6.45, 7) is 4.16. The number of likely N-dealkylation sites (tertiary alicyclic amines) is 1. The highest BCUT2D eigenvalue weighted by molar-refractivity contribution is 5.94. The number of phenols is 1. The predicted molar refractivity (Wildman–Crippen MR) is 138 cm³/mol. The molecule has 4 unspecified atom stereocenters. The number of aromatic nitrogens is 2. The molecule has 1 saturated heterocycles. The molecule has 206 valence electrons. The number of rotatable bonds is 12. The number of hydrogen-bond acceptors (Lipinski definition) is 7. The van der Waals surface area contributed by atoms with E-state index in [0.29, 0.717) is 31.5 Å². The molecule has 1 aliphatic heterocycles. The van der Waals surface area contributed by atoms with Crippen LogP contribution in [-0.4, -0.2) is 79.5 Å². The van der Waals surface area contributed by atoms with Crippen LogP contribution in [-0.2, 0) is 32.0 Å². The summed E-state index contributed by atoms with van der Waals surface area (Å²) in [5.41, 5.74) is 7.42. The summed E-state index contributed by atoms with van der Waals surface area (Å²) >= 11 is 0. The van der Waals surface area contributed by atoms with Crippen molar-refractivity contribution in [2.45, 2.75) is 70.1 Å². The SMILES string of the molecule is CC(C)CC(NC(=O)C(N)Cc1ccc(O)cc1)C(=O)N1CCCC1C(=O)NC(Cc1cnc[nH]1)C(=O)O. The number of amides is 3. The van der Waals surface area contributed by atoms with Gasteiger partial charge in [0, 0.05) is 24.9 Å². The molecule has 4 atom stereocenters. The zero-order valence-corrected chi connectivity index (χ0v) is 21.6. The quantitative estimate of drug-likeness (QED) is 0.227. The third-order valence-electron chi connectivity index (χ3n) is 6.48. The second kappa shape index (κ2) is 13.0. The van der Waals surface area contributed by atoms with Crippen molar-refractivity contribution in [1.29, 1.82) is 0 Å². The summed E-state index contributed by atoms with van der Waals surface area (Å²) in [7, 11) is 0. The zero-order chi connectivity index (χ0) is 27.8. The van der Waals surface area contributed by atoms with Gasteiger partial charge in [0.2, 0.25) is 17.7 Å². The van der Waals surface area contributed by atoms with E-state index in [1.807, 2.05) is 13.8 Å². The molecular formula is C26H36N6O6. The van der Waals surface area contributed by atoms with Crippen molar-refractivity contribution in [2.24, 2.45) is 11.7 Å². The summed E-state index contributed by atoms with van der Waals surface area (Å²) in [6, 6.07) is 2.52. The lowest BCUT2D eigenvalue weighted by Gasteiger charge is -2.30. The molecule has 1 aliphatic rings. The molecule has 38 heavy (non-hydrogen) atoms. The fraction of sp³-hybridized carbons (Fsp3) is 0.500. The van der Waals surface area contributed by atoms with E-state index in [1.54, 1.807) is 12.1 Å². The monoisotopic (exact) mass is 528 g/mol. The highest BCUT2D eigenvalue weighted by Gasteiger charge is 2.39. The van der Waals surface area contributed by atoms with Crippen molar-refractivity contribution in [3.05, 3.63) is 48.0 Å². The van der Waals surface area contributed by atoms with E-state index in [9.17, 15) is 29.4 Å². The van der Waals surface area contributed by atoms with Gasteiger partial charge in [0.1, 0.15) is 23.9 Å². The Bertz CT molecular complexity index is 1100. The average molecular weight is 529 g/mol. The van der Waals surface area contributed by atoms with Gasteiger partial charge in [0.25, 0.3) is 0 Å².